The lowest BCUT2D eigenvalue weighted by atomic mass is 10.1. The van der Waals surface area contributed by atoms with Crippen molar-refractivity contribution in [2.45, 2.75) is 37.0 Å². The normalized spacial score (nSPS) is 19.1. The summed E-state index contributed by atoms with van der Waals surface area (Å²) < 4.78 is 42.3. The van der Waals surface area contributed by atoms with Gasteiger partial charge in [0.25, 0.3) is 5.91 Å². The maximum atomic E-state index is 13.3. The van der Waals surface area contributed by atoms with E-state index in [2.05, 4.69) is 10.0 Å². The standard InChI is InChI=1S/C18H19ClFN3O3S/c1-23-9-13-12(5-7-16(13)22-27(25,26)11-3-4-11)17(23)18(24)21-10-2-6-15(20)14(19)8-10/h2,6,8-9,11,16,22H,3-5,7H2,1H3,(H,21,24)/t16-/m0/s1. The van der Waals surface area contributed by atoms with Gasteiger partial charge in [-0.25, -0.2) is 17.5 Å². The van der Waals surface area contributed by atoms with Gasteiger partial charge in [-0.3, -0.25) is 4.79 Å². The highest BCUT2D eigenvalue weighted by Crippen LogP contribution is 2.37. The van der Waals surface area contributed by atoms with Crippen molar-refractivity contribution in [2.24, 2.45) is 7.05 Å². The van der Waals surface area contributed by atoms with Crippen LogP contribution in [0.15, 0.2) is 24.4 Å². The molecular formula is C18H19ClFN3O3S. The third-order valence-electron chi connectivity index (χ3n) is 5.04. The maximum Gasteiger partial charge on any atom is 0.272 e. The number of anilines is 1. The van der Waals surface area contributed by atoms with Crippen LogP contribution in [0.4, 0.5) is 10.1 Å². The Kier molecular flexibility index (Phi) is 4.52. The molecule has 1 heterocycles. The fourth-order valence-electron chi connectivity index (χ4n) is 3.56. The number of hydrogen-bond donors (Lipinski definition) is 2. The van der Waals surface area contributed by atoms with Gasteiger partial charge in [0.15, 0.2) is 0 Å². The van der Waals surface area contributed by atoms with Gasteiger partial charge in [-0.05, 0) is 55.0 Å². The maximum absolute atomic E-state index is 13.3. The molecule has 0 unspecified atom stereocenters. The molecule has 4 rings (SSSR count). The van der Waals surface area contributed by atoms with Crippen molar-refractivity contribution < 1.29 is 17.6 Å². The number of aromatic nitrogens is 1. The molecule has 1 aromatic heterocycles. The van der Waals surface area contributed by atoms with E-state index in [-0.39, 0.29) is 22.2 Å². The average Bonchev–Trinajstić information content (AvgIpc) is 3.32. The van der Waals surface area contributed by atoms with Crippen LogP contribution in [0, 0.1) is 5.82 Å². The highest BCUT2D eigenvalue weighted by atomic mass is 35.5. The van der Waals surface area contributed by atoms with E-state index < -0.39 is 15.8 Å². The quantitative estimate of drug-likeness (QED) is 0.793. The van der Waals surface area contributed by atoms with E-state index in [0.717, 1.165) is 11.1 Å². The number of nitrogens with zero attached hydrogens (tertiary/aromatic N) is 1. The van der Waals surface area contributed by atoms with Crippen LogP contribution in [0.2, 0.25) is 5.02 Å². The minimum Gasteiger partial charge on any atom is -0.346 e. The molecule has 27 heavy (non-hydrogen) atoms. The van der Waals surface area contributed by atoms with Gasteiger partial charge in [-0.15, -0.1) is 0 Å². The van der Waals surface area contributed by atoms with Crippen LogP contribution in [-0.4, -0.2) is 24.1 Å². The van der Waals surface area contributed by atoms with Gasteiger partial charge in [-0.1, -0.05) is 11.6 Å². The Labute approximate surface area is 161 Å². The molecule has 0 spiro atoms. The Morgan fingerprint density at radius 2 is 2.04 bits per heavy atom. The van der Waals surface area contributed by atoms with Gasteiger partial charge < -0.3 is 9.88 Å². The van der Waals surface area contributed by atoms with E-state index in [4.69, 9.17) is 11.6 Å². The first-order chi connectivity index (χ1) is 12.8. The molecular weight excluding hydrogens is 393 g/mol. The third kappa shape index (κ3) is 3.49. The zero-order chi connectivity index (χ0) is 19.3. The fraction of sp³-hybridized carbons (Fsp3) is 0.389. The number of benzene rings is 1. The van der Waals surface area contributed by atoms with Crippen molar-refractivity contribution in [3.63, 3.8) is 0 Å². The second-order valence-electron chi connectivity index (χ2n) is 7.06. The molecule has 144 valence electrons. The minimum absolute atomic E-state index is 0.0699. The summed E-state index contributed by atoms with van der Waals surface area (Å²) in [6.45, 7) is 0. The number of fused-ring (bicyclic) bond motifs is 1. The summed E-state index contributed by atoms with van der Waals surface area (Å²) in [5.74, 6) is -0.896. The van der Waals surface area contributed by atoms with E-state index in [1.165, 1.54) is 18.2 Å². The third-order valence-corrected chi connectivity index (χ3v) is 7.29. The molecule has 1 amide bonds. The summed E-state index contributed by atoms with van der Waals surface area (Å²) in [6.07, 6.45) is 4.45. The molecule has 2 aliphatic rings. The van der Waals surface area contributed by atoms with Crippen LogP contribution < -0.4 is 10.0 Å². The van der Waals surface area contributed by atoms with Gasteiger partial charge in [0.2, 0.25) is 10.0 Å². The highest BCUT2D eigenvalue weighted by Gasteiger charge is 2.39. The van der Waals surface area contributed by atoms with Crippen molar-refractivity contribution in [1.82, 2.24) is 9.29 Å². The number of amides is 1. The Hall–Kier alpha value is -1.90. The number of halogens is 2. The largest absolute Gasteiger partial charge is 0.346 e. The van der Waals surface area contributed by atoms with Crippen molar-refractivity contribution in [3.05, 3.63) is 52.1 Å². The van der Waals surface area contributed by atoms with E-state index in [1.807, 2.05) is 0 Å². The Morgan fingerprint density at radius 3 is 2.70 bits per heavy atom. The van der Waals surface area contributed by atoms with Gasteiger partial charge in [0, 0.05) is 25.0 Å². The van der Waals surface area contributed by atoms with Crippen LogP contribution in [0.3, 0.4) is 0 Å². The Balaban J connectivity index is 1.57. The summed E-state index contributed by atoms with van der Waals surface area (Å²) in [6, 6.07) is 3.67. The molecule has 2 aromatic rings. The van der Waals surface area contributed by atoms with Crippen LogP contribution in [0.1, 0.15) is 46.9 Å². The Bertz CT molecular complexity index is 1030. The molecule has 1 fully saturated rings. The van der Waals surface area contributed by atoms with Crippen LogP contribution in [0.5, 0.6) is 0 Å². The average molecular weight is 412 g/mol. The number of nitrogens with one attached hydrogen (secondary N) is 2. The molecule has 0 saturated heterocycles. The summed E-state index contributed by atoms with van der Waals surface area (Å²) in [7, 11) is -1.56. The molecule has 2 aliphatic carbocycles. The number of carbonyl (C=O) groups is 1. The minimum atomic E-state index is -3.30. The second-order valence-corrected chi connectivity index (χ2v) is 9.46. The molecule has 6 nitrogen and oxygen atoms in total. The molecule has 1 saturated carbocycles. The van der Waals surface area contributed by atoms with Gasteiger partial charge >= 0.3 is 0 Å². The van der Waals surface area contributed by atoms with Gasteiger partial charge in [0.05, 0.1) is 10.3 Å². The molecule has 1 atom stereocenters. The van der Waals surface area contributed by atoms with Crippen LogP contribution >= 0.6 is 11.6 Å². The molecule has 0 aliphatic heterocycles. The lowest BCUT2D eigenvalue weighted by molar-refractivity contribution is 0.101. The Morgan fingerprint density at radius 1 is 1.30 bits per heavy atom. The van der Waals surface area contributed by atoms with Crippen LogP contribution in [0.25, 0.3) is 0 Å². The predicted molar refractivity (Wildman–Crippen MR) is 101 cm³/mol. The molecule has 0 radical (unpaired) electrons. The second kappa shape index (κ2) is 6.61. The fourth-order valence-corrected chi connectivity index (χ4v) is 5.34. The molecule has 1 aromatic carbocycles. The van der Waals surface area contributed by atoms with Crippen molar-refractivity contribution in [3.8, 4) is 0 Å². The van der Waals surface area contributed by atoms with E-state index >= 15 is 0 Å². The number of hydrogen-bond acceptors (Lipinski definition) is 3. The van der Waals surface area contributed by atoms with E-state index in [0.29, 0.717) is 37.1 Å². The molecule has 0 bridgehead atoms. The zero-order valence-corrected chi connectivity index (χ0v) is 16.2. The summed E-state index contributed by atoms with van der Waals surface area (Å²) in [4.78, 5) is 12.8. The predicted octanol–water partition coefficient (Wildman–Crippen LogP) is 3.14. The van der Waals surface area contributed by atoms with E-state index in [1.54, 1.807) is 17.8 Å². The lowest BCUT2D eigenvalue weighted by Crippen LogP contribution is -2.30. The monoisotopic (exact) mass is 411 g/mol. The zero-order valence-electron chi connectivity index (χ0n) is 14.6. The number of carbonyl (C=O) groups excluding carboxylic acids is 1. The van der Waals surface area contributed by atoms with Gasteiger partial charge in [0.1, 0.15) is 11.5 Å². The highest BCUT2D eigenvalue weighted by molar-refractivity contribution is 7.90. The molecule has 9 heteroatoms. The van der Waals surface area contributed by atoms with Crippen LogP contribution in [-0.2, 0) is 23.5 Å². The SMILES string of the molecule is Cn1cc2c(c1C(=O)Nc1ccc(F)c(Cl)c1)CC[C@@H]2NS(=O)(=O)C1CC1. The van der Waals surface area contributed by atoms with Gasteiger partial charge in [-0.2, -0.15) is 0 Å². The van der Waals surface area contributed by atoms with E-state index in [9.17, 15) is 17.6 Å². The number of sulfonamides is 1. The van der Waals surface area contributed by atoms with Crippen molar-refractivity contribution in [2.75, 3.05) is 5.32 Å². The summed E-state index contributed by atoms with van der Waals surface area (Å²) >= 11 is 5.76. The first-order valence-corrected chi connectivity index (χ1v) is 10.6. The molecule has 2 N–H and O–H groups in total. The topological polar surface area (TPSA) is 80.2 Å². The number of rotatable bonds is 5. The summed E-state index contributed by atoms with van der Waals surface area (Å²) in [5, 5.41) is 2.37. The summed E-state index contributed by atoms with van der Waals surface area (Å²) in [5.41, 5.74) is 2.54. The first kappa shape index (κ1) is 18.5. The first-order valence-electron chi connectivity index (χ1n) is 8.72. The van der Waals surface area contributed by atoms with Crippen molar-refractivity contribution in [1.29, 1.82) is 0 Å². The number of aryl methyl sites for hydroxylation is 1. The lowest BCUT2D eigenvalue weighted by Gasteiger charge is -2.12. The smallest absolute Gasteiger partial charge is 0.272 e. The van der Waals surface area contributed by atoms with Crippen molar-refractivity contribution >= 4 is 33.2 Å².